The van der Waals surface area contributed by atoms with E-state index in [0.717, 1.165) is 12.8 Å². The van der Waals surface area contributed by atoms with Crippen LogP contribution in [-0.4, -0.2) is 38.3 Å². The molecule has 1 aliphatic carbocycles. The lowest BCUT2D eigenvalue weighted by molar-refractivity contribution is -0.121. The minimum Gasteiger partial charge on any atom is -0.383 e. The molecule has 1 rings (SSSR count). The van der Waals surface area contributed by atoms with Crippen LogP contribution in [0.4, 0.5) is 0 Å². The number of nitrogens with one attached hydrogen (secondary N) is 2. The molecule has 0 aliphatic heterocycles. The van der Waals surface area contributed by atoms with Gasteiger partial charge in [-0.2, -0.15) is 0 Å². The molecule has 0 heterocycles. The monoisotopic (exact) mass is 242 g/mol. The van der Waals surface area contributed by atoms with Crippen molar-refractivity contribution < 1.29 is 9.53 Å². The van der Waals surface area contributed by atoms with E-state index in [4.69, 9.17) is 4.74 Å². The zero-order valence-electron chi connectivity index (χ0n) is 11.1. The molecule has 1 amide bonds. The van der Waals surface area contributed by atoms with Crippen molar-refractivity contribution in [2.24, 2.45) is 0 Å². The molecule has 2 N–H and O–H groups in total. The highest BCUT2D eigenvalue weighted by atomic mass is 16.5. The van der Waals surface area contributed by atoms with Crippen LogP contribution in [0.25, 0.3) is 0 Å². The van der Waals surface area contributed by atoms with Crippen LogP contribution in [0.1, 0.15) is 45.4 Å². The highest BCUT2D eigenvalue weighted by Gasteiger charge is 2.14. The number of hydrogen-bond donors (Lipinski definition) is 2. The van der Waals surface area contributed by atoms with Crippen molar-refractivity contribution in [3.63, 3.8) is 0 Å². The summed E-state index contributed by atoms with van der Waals surface area (Å²) in [4.78, 5) is 11.7. The molecule has 0 radical (unpaired) electrons. The lowest BCUT2D eigenvalue weighted by atomic mass is 10.1. The van der Waals surface area contributed by atoms with Gasteiger partial charge in [0.15, 0.2) is 0 Å². The van der Waals surface area contributed by atoms with Gasteiger partial charge >= 0.3 is 0 Å². The Morgan fingerprint density at radius 1 is 1.29 bits per heavy atom. The van der Waals surface area contributed by atoms with E-state index in [-0.39, 0.29) is 11.9 Å². The molecule has 0 aromatic heterocycles. The number of methoxy groups -OCH3 is 1. The van der Waals surface area contributed by atoms with Gasteiger partial charge in [0.05, 0.1) is 13.2 Å². The first-order valence-corrected chi connectivity index (χ1v) is 6.74. The summed E-state index contributed by atoms with van der Waals surface area (Å²) in [5.41, 5.74) is 0. The number of amides is 1. The Kier molecular flexibility index (Phi) is 7.21. The first kappa shape index (κ1) is 14.5. The van der Waals surface area contributed by atoms with Crippen molar-refractivity contribution in [3.8, 4) is 0 Å². The SMILES string of the molecule is COCC(C)NCC(=O)NC1CCCCCC1. The van der Waals surface area contributed by atoms with Crippen LogP contribution in [0.2, 0.25) is 0 Å². The highest BCUT2D eigenvalue weighted by Crippen LogP contribution is 2.16. The van der Waals surface area contributed by atoms with Gasteiger partial charge in [0.25, 0.3) is 0 Å². The summed E-state index contributed by atoms with van der Waals surface area (Å²) in [7, 11) is 1.67. The van der Waals surface area contributed by atoms with Gasteiger partial charge < -0.3 is 15.4 Å². The standard InChI is InChI=1S/C13H26N2O2/c1-11(10-17-2)14-9-13(16)15-12-7-5-3-4-6-8-12/h11-12,14H,3-10H2,1-2H3,(H,15,16). The minimum atomic E-state index is 0.111. The quantitative estimate of drug-likeness (QED) is 0.693. The number of rotatable bonds is 6. The fraction of sp³-hybridized carbons (Fsp3) is 0.923. The third-order valence-electron chi connectivity index (χ3n) is 3.25. The number of hydrogen-bond acceptors (Lipinski definition) is 3. The molecule has 1 aliphatic rings. The molecule has 4 heteroatoms. The average Bonchev–Trinajstić information content (AvgIpc) is 2.55. The number of carbonyl (C=O) groups is 1. The maximum atomic E-state index is 11.7. The van der Waals surface area contributed by atoms with E-state index in [1.54, 1.807) is 7.11 Å². The summed E-state index contributed by atoms with van der Waals surface area (Å²) in [6.45, 7) is 3.04. The molecule has 0 aromatic rings. The molecule has 1 atom stereocenters. The second-order valence-electron chi connectivity index (χ2n) is 4.99. The van der Waals surface area contributed by atoms with Crippen molar-refractivity contribution in [3.05, 3.63) is 0 Å². The molecule has 1 fully saturated rings. The van der Waals surface area contributed by atoms with Gasteiger partial charge in [-0.25, -0.2) is 0 Å². The molecule has 1 unspecified atom stereocenters. The smallest absolute Gasteiger partial charge is 0.234 e. The topological polar surface area (TPSA) is 50.4 Å². The van der Waals surface area contributed by atoms with Gasteiger partial charge in [-0.1, -0.05) is 25.7 Å². The Morgan fingerprint density at radius 2 is 1.94 bits per heavy atom. The Balaban J connectivity index is 2.14. The van der Waals surface area contributed by atoms with Crippen LogP contribution in [0.5, 0.6) is 0 Å². The minimum absolute atomic E-state index is 0.111. The summed E-state index contributed by atoms with van der Waals surface area (Å²) in [5, 5.41) is 6.27. The number of ether oxygens (including phenoxy) is 1. The lowest BCUT2D eigenvalue weighted by Gasteiger charge is -2.18. The summed E-state index contributed by atoms with van der Waals surface area (Å²) in [6, 6.07) is 0.615. The molecular formula is C13H26N2O2. The summed E-state index contributed by atoms with van der Waals surface area (Å²) < 4.78 is 5.01. The average molecular weight is 242 g/mol. The summed E-state index contributed by atoms with van der Waals surface area (Å²) in [6.07, 6.45) is 7.40. The van der Waals surface area contributed by atoms with Crippen molar-refractivity contribution in [1.82, 2.24) is 10.6 Å². The van der Waals surface area contributed by atoms with Crippen LogP contribution in [0.15, 0.2) is 0 Å². The van der Waals surface area contributed by atoms with Crippen LogP contribution in [0, 0.1) is 0 Å². The maximum absolute atomic E-state index is 11.7. The zero-order valence-corrected chi connectivity index (χ0v) is 11.1. The van der Waals surface area contributed by atoms with Crippen LogP contribution < -0.4 is 10.6 Å². The summed E-state index contributed by atoms with van der Waals surface area (Å²) in [5.74, 6) is 0.111. The zero-order chi connectivity index (χ0) is 12.5. The van der Waals surface area contributed by atoms with Gasteiger partial charge in [0.2, 0.25) is 5.91 Å². The van der Waals surface area contributed by atoms with E-state index in [1.165, 1.54) is 25.7 Å². The molecule has 0 spiro atoms. The van der Waals surface area contributed by atoms with Crippen molar-refractivity contribution in [2.75, 3.05) is 20.3 Å². The van der Waals surface area contributed by atoms with Gasteiger partial charge in [0, 0.05) is 19.2 Å². The molecule has 0 saturated heterocycles. The predicted octanol–water partition coefficient (Wildman–Crippen LogP) is 1.45. The second kappa shape index (κ2) is 8.48. The largest absolute Gasteiger partial charge is 0.383 e. The Bertz CT molecular complexity index is 213. The molecule has 0 bridgehead atoms. The Hall–Kier alpha value is -0.610. The Labute approximate surface area is 104 Å². The van der Waals surface area contributed by atoms with Gasteiger partial charge in [-0.15, -0.1) is 0 Å². The molecule has 0 aromatic carbocycles. The molecule has 4 nitrogen and oxygen atoms in total. The fourth-order valence-corrected chi connectivity index (χ4v) is 2.28. The number of carbonyl (C=O) groups excluding carboxylic acids is 1. The third-order valence-corrected chi connectivity index (χ3v) is 3.25. The predicted molar refractivity (Wildman–Crippen MR) is 69.0 cm³/mol. The van der Waals surface area contributed by atoms with Crippen LogP contribution >= 0.6 is 0 Å². The van der Waals surface area contributed by atoms with E-state index < -0.39 is 0 Å². The van der Waals surface area contributed by atoms with Crippen molar-refractivity contribution in [1.29, 1.82) is 0 Å². The highest BCUT2D eigenvalue weighted by molar-refractivity contribution is 5.78. The molecule has 17 heavy (non-hydrogen) atoms. The van der Waals surface area contributed by atoms with Crippen LogP contribution in [-0.2, 0) is 9.53 Å². The fourth-order valence-electron chi connectivity index (χ4n) is 2.28. The van der Waals surface area contributed by atoms with E-state index in [0.29, 0.717) is 19.2 Å². The lowest BCUT2D eigenvalue weighted by Crippen LogP contribution is -2.43. The van der Waals surface area contributed by atoms with Gasteiger partial charge in [-0.3, -0.25) is 4.79 Å². The third kappa shape index (κ3) is 6.64. The van der Waals surface area contributed by atoms with Crippen LogP contribution in [0.3, 0.4) is 0 Å². The van der Waals surface area contributed by atoms with Crippen molar-refractivity contribution in [2.45, 2.75) is 57.5 Å². The first-order chi connectivity index (χ1) is 8.22. The maximum Gasteiger partial charge on any atom is 0.234 e. The van der Waals surface area contributed by atoms with Gasteiger partial charge in [0.1, 0.15) is 0 Å². The normalized spacial score (nSPS) is 19.6. The Morgan fingerprint density at radius 3 is 2.53 bits per heavy atom. The second-order valence-corrected chi connectivity index (χ2v) is 4.99. The summed E-state index contributed by atoms with van der Waals surface area (Å²) >= 11 is 0. The first-order valence-electron chi connectivity index (χ1n) is 6.74. The molecule has 100 valence electrons. The molecular weight excluding hydrogens is 216 g/mol. The van der Waals surface area contributed by atoms with E-state index in [1.807, 2.05) is 6.92 Å². The van der Waals surface area contributed by atoms with E-state index in [9.17, 15) is 4.79 Å². The van der Waals surface area contributed by atoms with E-state index >= 15 is 0 Å². The van der Waals surface area contributed by atoms with Crippen molar-refractivity contribution >= 4 is 5.91 Å². The molecule has 1 saturated carbocycles. The van der Waals surface area contributed by atoms with E-state index in [2.05, 4.69) is 10.6 Å². The van der Waals surface area contributed by atoms with Gasteiger partial charge in [-0.05, 0) is 19.8 Å².